The number of nitrogens with one attached hydrogen (secondary N) is 1. The first-order chi connectivity index (χ1) is 16.2. The van der Waals surface area contributed by atoms with Gasteiger partial charge in [-0.15, -0.1) is 0 Å². The standard InChI is InChI=1S/C24H26F3N3O3S/c1-3-5-13-30-22(32)20(15-21(31)28-17-9-11-19(12-10-17)33-4-2)34-23(30)29-18-8-6-7-16(14-18)24(25,26)27/h6-12,14,20H,3-5,13,15H2,1-2H3,(H,28,31)/t20-/m1/s1. The Balaban J connectivity index is 1.73. The highest BCUT2D eigenvalue weighted by Gasteiger charge is 2.39. The van der Waals surface area contributed by atoms with Crippen LogP contribution in [0.4, 0.5) is 24.5 Å². The molecule has 0 radical (unpaired) electrons. The molecule has 1 N–H and O–H groups in total. The Morgan fingerprint density at radius 1 is 1.18 bits per heavy atom. The maximum Gasteiger partial charge on any atom is 0.416 e. The number of hydrogen-bond donors (Lipinski definition) is 1. The van der Waals surface area contributed by atoms with E-state index < -0.39 is 17.0 Å². The van der Waals surface area contributed by atoms with Gasteiger partial charge in [-0.3, -0.25) is 14.5 Å². The summed E-state index contributed by atoms with van der Waals surface area (Å²) in [6.07, 6.45) is -3.04. The number of benzene rings is 2. The highest BCUT2D eigenvalue weighted by Crippen LogP contribution is 2.35. The van der Waals surface area contributed by atoms with Crippen molar-refractivity contribution >= 4 is 40.1 Å². The number of nitrogens with zero attached hydrogens (tertiary/aromatic N) is 2. The highest BCUT2D eigenvalue weighted by atomic mass is 32.2. The molecule has 0 aromatic heterocycles. The van der Waals surface area contributed by atoms with Gasteiger partial charge in [0.15, 0.2) is 5.17 Å². The van der Waals surface area contributed by atoms with Crippen molar-refractivity contribution in [3.63, 3.8) is 0 Å². The molecule has 2 amide bonds. The summed E-state index contributed by atoms with van der Waals surface area (Å²) in [5, 5.41) is 2.36. The van der Waals surface area contributed by atoms with E-state index in [0.717, 1.165) is 30.3 Å². The lowest BCUT2D eigenvalue weighted by Gasteiger charge is -2.16. The van der Waals surface area contributed by atoms with Crippen molar-refractivity contribution in [2.45, 2.75) is 44.5 Å². The summed E-state index contributed by atoms with van der Waals surface area (Å²) in [7, 11) is 0. The monoisotopic (exact) mass is 493 g/mol. The summed E-state index contributed by atoms with van der Waals surface area (Å²) in [6, 6.07) is 11.5. The van der Waals surface area contributed by atoms with Gasteiger partial charge >= 0.3 is 6.18 Å². The first kappa shape index (κ1) is 25.6. The van der Waals surface area contributed by atoms with Crippen LogP contribution in [0.3, 0.4) is 0 Å². The molecule has 2 aromatic rings. The van der Waals surface area contributed by atoms with Crippen LogP contribution in [0.25, 0.3) is 0 Å². The summed E-state index contributed by atoms with van der Waals surface area (Å²) < 4.78 is 44.6. The number of rotatable bonds is 9. The number of carbonyl (C=O) groups is 2. The number of halogens is 3. The third-order valence-electron chi connectivity index (χ3n) is 4.97. The number of carbonyl (C=O) groups excluding carboxylic acids is 2. The number of amidine groups is 1. The molecule has 1 aliphatic rings. The largest absolute Gasteiger partial charge is 0.494 e. The zero-order chi connectivity index (χ0) is 24.7. The second-order valence-corrected chi connectivity index (χ2v) is 8.77. The number of unbranched alkanes of at least 4 members (excludes halogenated alkanes) is 1. The van der Waals surface area contributed by atoms with Crippen molar-refractivity contribution in [2.75, 3.05) is 18.5 Å². The topological polar surface area (TPSA) is 71.0 Å². The average Bonchev–Trinajstić information content (AvgIpc) is 3.07. The number of aliphatic imine (C=N–C) groups is 1. The van der Waals surface area contributed by atoms with E-state index in [2.05, 4.69) is 10.3 Å². The van der Waals surface area contributed by atoms with E-state index in [1.54, 1.807) is 24.3 Å². The molecule has 3 rings (SSSR count). The molecular weight excluding hydrogens is 467 g/mol. The van der Waals surface area contributed by atoms with Crippen LogP contribution >= 0.6 is 11.8 Å². The molecular formula is C24H26F3N3O3S. The molecule has 2 aromatic carbocycles. The predicted molar refractivity (Wildman–Crippen MR) is 127 cm³/mol. The van der Waals surface area contributed by atoms with Crippen molar-refractivity contribution in [1.29, 1.82) is 0 Å². The fraction of sp³-hybridized carbons (Fsp3) is 0.375. The van der Waals surface area contributed by atoms with E-state index in [4.69, 9.17) is 4.74 Å². The second kappa shape index (κ2) is 11.4. The van der Waals surface area contributed by atoms with E-state index in [0.29, 0.717) is 36.2 Å². The van der Waals surface area contributed by atoms with E-state index >= 15 is 0 Å². The fourth-order valence-corrected chi connectivity index (χ4v) is 4.47. The van der Waals surface area contributed by atoms with Crippen LogP contribution in [0, 0.1) is 0 Å². The van der Waals surface area contributed by atoms with Crippen LogP contribution in [0.1, 0.15) is 38.7 Å². The van der Waals surface area contributed by atoms with Gasteiger partial charge < -0.3 is 10.1 Å². The summed E-state index contributed by atoms with van der Waals surface area (Å²) in [5.74, 6) is 0.0702. The Morgan fingerprint density at radius 3 is 2.56 bits per heavy atom. The van der Waals surface area contributed by atoms with Gasteiger partial charge in [-0.05, 0) is 55.8 Å². The number of ether oxygens (including phenoxy) is 1. The smallest absolute Gasteiger partial charge is 0.416 e. The molecule has 182 valence electrons. The minimum absolute atomic E-state index is 0.0824. The summed E-state index contributed by atoms with van der Waals surface area (Å²) in [5.41, 5.74) is -0.134. The fourth-order valence-electron chi connectivity index (χ4n) is 3.29. The molecule has 0 unspecified atom stereocenters. The summed E-state index contributed by atoms with van der Waals surface area (Å²) in [4.78, 5) is 31.4. The van der Waals surface area contributed by atoms with Crippen LogP contribution in [0.2, 0.25) is 0 Å². The average molecular weight is 494 g/mol. The lowest BCUT2D eigenvalue weighted by Crippen LogP contribution is -2.34. The van der Waals surface area contributed by atoms with Crippen molar-refractivity contribution in [3.8, 4) is 5.75 Å². The number of anilines is 1. The number of alkyl halides is 3. The van der Waals surface area contributed by atoms with Crippen LogP contribution in [-0.2, 0) is 15.8 Å². The van der Waals surface area contributed by atoms with Crippen LogP contribution in [0.5, 0.6) is 5.75 Å². The third kappa shape index (κ3) is 6.75. The van der Waals surface area contributed by atoms with Crippen molar-refractivity contribution in [2.24, 2.45) is 4.99 Å². The third-order valence-corrected chi connectivity index (χ3v) is 6.15. The second-order valence-electron chi connectivity index (χ2n) is 7.60. The van der Waals surface area contributed by atoms with E-state index in [1.807, 2.05) is 13.8 Å². The maximum atomic E-state index is 13.1. The Kier molecular flexibility index (Phi) is 8.60. The van der Waals surface area contributed by atoms with Crippen molar-refractivity contribution in [1.82, 2.24) is 4.90 Å². The Labute approximate surface area is 200 Å². The zero-order valence-corrected chi connectivity index (χ0v) is 19.7. The van der Waals surface area contributed by atoms with Gasteiger partial charge in [-0.1, -0.05) is 31.2 Å². The molecule has 1 atom stereocenters. The maximum absolute atomic E-state index is 13.1. The number of thioether (sulfide) groups is 1. The van der Waals surface area contributed by atoms with E-state index in [-0.39, 0.29) is 23.9 Å². The molecule has 0 aliphatic carbocycles. The van der Waals surface area contributed by atoms with Gasteiger partial charge in [-0.2, -0.15) is 13.2 Å². The predicted octanol–water partition coefficient (Wildman–Crippen LogP) is 5.86. The molecule has 0 spiro atoms. The van der Waals surface area contributed by atoms with Crippen LogP contribution in [-0.4, -0.2) is 40.3 Å². The van der Waals surface area contributed by atoms with Gasteiger partial charge in [0.05, 0.1) is 17.9 Å². The molecule has 1 saturated heterocycles. The van der Waals surface area contributed by atoms with Gasteiger partial charge in [0.2, 0.25) is 11.8 Å². The molecule has 0 bridgehead atoms. The van der Waals surface area contributed by atoms with E-state index in [1.165, 1.54) is 17.0 Å². The van der Waals surface area contributed by atoms with Gasteiger partial charge in [0.1, 0.15) is 11.0 Å². The molecule has 34 heavy (non-hydrogen) atoms. The molecule has 10 heteroatoms. The minimum atomic E-state index is -4.49. The van der Waals surface area contributed by atoms with Crippen molar-refractivity contribution < 1.29 is 27.5 Å². The molecule has 1 fully saturated rings. The summed E-state index contributed by atoms with van der Waals surface area (Å²) in [6.45, 7) is 4.77. The Bertz CT molecular complexity index is 1040. The molecule has 1 aliphatic heterocycles. The highest BCUT2D eigenvalue weighted by molar-refractivity contribution is 8.15. The minimum Gasteiger partial charge on any atom is -0.494 e. The quantitative estimate of drug-likeness (QED) is 0.475. The molecule has 1 heterocycles. The zero-order valence-electron chi connectivity index (χ0n) is 18.9. The summed E-state index contributed by atoms with van der Waals surface area (Å²) >= 11 is 1.10. The normalized spacial score (nSPS) is 17.3. The van der Waals surface area contributed by atoms with Gasteiger partial charge in [0.25, 0.3) is 0 Å². The number of amides is 2. The number of hydrogen-bond acceptors (Lipinski definition) is 5. The Morgan fingerprint density at radius 2 is 1.91 bits per heavy atom. The van der Waals surface area contributed by atoms with Crippen LogP contribution < -0.4 is 10.1 Å². The lowest BCUT2D eigenvalue weighted by molar-refractivity contribution is -0.137. The first-order valence-electron chi connectivity index (χ1n) is 11.0. The van der Waals surface area contributed by atoms with Gasteiger partial charge in [0, 0.05) is 18.7 Å². The SMILES string of the molecule is CCCCN1C(=O)[C@@H](CC(=O)Nc2ccc(OCC)cc2)SC1=Nc1cccc(C(F)(F)F)c1. The van der Waals surface area contributed by atoms with Crippen molar-refractivity contribution in [3.05, 3.63) is 54.1 Å². The lowest BCUT2D eigenvalue weighted by atomic mass is 10.2. The van der Waals surface area contributed by atoms with Gasteiger partial charge in [-0.25, -0.2) is 4.99 Å². The van der Waals surface area contributed by atoms with E-state index in [9.17, 15) is 22.8 Å². The molecule has 6 nitrogen and oxygen atoms in total. The Hall–Kier alpha value is -3.01. The first-order valence-corrected chi connectivity index (χ1v) is 11.9. The molecule has 0 saturated carbocycles. The van der Waals surface area contributed by atoms with Crippen LogP contribution in [0.15, 0.2) is 53.5 Å².